The van der Waals surface area contributed by atoms with Crippen molar-refractivity contribution >= 4 is 29.0 Å². The van der Waals surface area contributed by atoms with Gasteiger partial charge in [0.25, 0.3) is 0 Å². The van der Waals surface area contributed by atoms with Crippen LogP contribution in [0.2, 0.25) is 0 Å². The van der Waals surface area contributed by atoms with Crippen LogP contribution in [0.4, 0.5) is 27.5 Å². The number of nitrogens with two attached hydrogens (primary N) is 1. The molecule has 0 aliphatic carbocycles. The fourth-order valence-corrected chi connectivity index (χ4v) is 2.76. The number of benzene rings is 1. The fraction of sp³-hybridized carbons (Fsp3) is 0.267. The summed E-state index contributed by atoms with van der Waals surface area (Å²) >= 11 is 0. The van der Waals surface area contributed by atoms with Crippen LogP contribution in [0.25, 0.3) is 0 Å². The van der Waals surface area contributed by atoms with Gasteiger partial charge in [0, 0.05) is 13.6 Å². The van der Waals surface area contributed by atoms with E-state index in [0.717, 1.165) is 6.20 Å². The summed E-state index contributed by atoms with van der Waals surface area (Å²) in [6, 6.07) is 5.43. The minimum Gasteiger partial charge on any atom is -0.378 e. The van der Waals surface area contributed by atoms with Crippen LogP contribution in [0.5, 0.6) is 0 Å². The van der Waals surface area contributed by atoms with E-state index in [1.807, 2.05) is 0 Å². The van der Waals surface area contributed by atoms with Crippen molar-refractivity contribution in [3.63, 3.8) is 0 Å². The predicted molar refractivity (Wildman–Crippen MR) is 88.7 cm³/mol. The number of nitrogens with zero attached hydrogens (tertiary/aromatic N) is 5. The molecule has 1 atom stereocenters. The highest BCUT2D eigenvalue weighted by Crippen LogP contribution is 2.28. The number of halogens is 1. The Morgan fingerprint density at radius 1 is 1.44 bits per heavy atom. The normalized spacial score (nSPS) is 17.0. The molecule has 1 aromatic heterocycles. The van der Waals surface area contributed by atoms with Gasteiger partial charge in [0.05, 0.1) is 10.6 Å². The zero-order valence-electron chi connectivity index (χ0n) is 13.3. The van der Waals surface area contributed by atoms with Crippen molar-refractivity contribution in [2.24, 2.45) is 0 Å². The predicted octanol–water partition coefficient (Wildman–Crippen LogP) is 1.35. The molecule has 1 aromatic carbocycles. The van der Waals surface area contributed by atoms with Crippen molar-refractivity contribution in [1.82, 2.24) is 9.97 Å². The molecule has 25 heavy (non-hydrogen) atoms. The topological polar surface area (TPSA) is 118 Å². The third-order valence-electron chi connectivity index (χ3n) is 4.09. The number of anilines is 3. The third-order valence-corrected chi connectivity index (χ3v) is 4.09. The molecule has 1 saturated heterocycles. The Kier molecular flexibility index (Phi) is 4.17. The van der Waals surface area contributed by atoms with E-state index in [4.69, 9.17) is 5.73 Å². The lowest BCUT2D eigenvalue weighted by atomic mass is 10.2. The number of carbonyl (C=O) groups is 1. The summed E-state index contributed by atoms with van der Waals surface area (Å²) in [4.78, 5) is 33.4. The quantitative estimate of drug-likeness (QED) is 0.655. The number of rotatable bonds is 4. The molecule has 0 radical (unpaired) electrons. The Labute approximate surface area is 142 Å². The molecule has 1 aliphatic rings. The lowest BCUT2D eigenvalue weighted by molar-refractivity contribution is -0.384. The minimum atomic E-state index is -0.681. The second kappa shape index (κ2) is 6.30. The Bertz CT molecular complexity index is 846. The summed E-state index contributed by atoms with van der Waals surface area (Å²) in [5.41, 5.74) is 5.38. The molecule has 3 rings (SSSR count). The zero-order chi connectivity index (χ0) is 18.1. The molecule has 10 heteroatoms. The summed E-state index contributed by atoms with van der Waals surface area (Å²) in [5.74, 6) is -0.960. The number of aromatic nitrogens is 2. The van der Waals surface area contributed by atoms with Gasteiger partial charge in [0.15, 0.2) is 0 Å². The molecular weight excluding hydrogens is 331 g/mol. The van der Waals surface area contributed by atoms with Crippen LogP contribution in [-0.2, 0) is 4.79 Å². The molecule has 2 heterocycles. The summed E-state index contributed by atoms with van der Waals surface area (Å²) < 4.78 is 13.9. The summed E-state index contributed by atoms with van der Waals surface area (Å²) in [5, 5.41) is 10.8. The molecule has 9 nitrogen and oxygen atoms in total. The molecule has 2 N–H and O–H groups in total. The number of nitro groups is 1. The number of hydrogen-bond acceptors (Lipinski definition) is 7. The zero-order valence-corrected chi connectivity index (χ0v) is 13.3. The van der Waals surface area contributed by atoms with E-state index in [1.165, 1.54) is 21.9 Å². The van der Waals surface area contributed by atoms with Crippen LogP contribution < -0.4 is 15.5 Å². The third kappa shape index (κ3) is 2.93. The second-order valence-electron chi connectivity index (χ2n) is 5.55. The summed E-state index contributed by atoms with van der Waals surface area (Å²) in [6.45, 7) is 0.344. The summed E-state index contributed by atoms with van der Waals surface area (Å²) in [7, 11) is 1.59. The van der Waals surface area contributed by atoms with Gasteiger partial charge in [0.1, 0.15) is 18.1 Å². The first-order chi connectivity index (χ1) is 11.9. The number of nitrogen functional groups attached to an aromatic ring is 1. The Morgan fingerprint density at radius 2 is 2.16 bits per heavy atom. The van der Waals surface area contributed by atoms with E-state index in [2.05, 4.69) is 9.97 Å². The molecule has 0 bridgehead atoms. The van der Waals surface area contributed by atoms with Gasteiger partial charge in [0.2, 0.25) is 17.7 Å². The van der Waals surface area contributed by atoms with Gasteiger partial charge in [-0.25, -0.2) is 9.37 Å². The van der Waals surface area contributed by atoms with Crippen LogP contribution in [0.3, 0.4) is 0 Å². The Balaban J connectivity index is 1.83. The Hall–Kier alpha value is -3.30. The van der Waals surface area contributed by atoms with E-state index < -0.39 is 22.5 Å². The van der Waals surface area contributed by atoms with Crippen molar-refractivity contribution in [1.29, 1.82) is 0 Å². The Morgan fingerprint density at radius 3 is 2.80 bits per heavy atom. The molecule has 1 amide bonds. The molecule has 1 fully saturated rings. The average Bonchev–Trinajstić information content (AvgIpc) is 2.95. The highest BCUT2D eigenvalue weighted by atomic mass is 19.1. The van der Waals surface area contributed by atoms with E-state index in [-0.39, 0.29) is 23.4 Å². The first-order valence-corrected chi connectivity index (χ1v) is 7.45. The van der Waals surface area contributed by atoms with Crippen molar-refractivity contribution in [2.45, 2.75) is 12.5 Å². The number of hydrogen-bond donors (Lipinski definition) is 1. The van der Waals surface area contributed by atoms with Gasteiger partial charge in [-0.3, -0.25) is 14.9 Å². The van der Waals surface area contributed by atoms with Crippen LogP contribution in [0.1, 0.15) is 6.42 Å². The molecule has 0 saturated carbocycles. The van der Waals surface area contributed by atoms with Crippen LogP contribution >= 0.6 is 0 Å². The maximum absolute atomic E-state index is 13.9. The smallest absolute Gasteiger partial charge is 0.329 e. The highest BCUT2D eigenvalue weighted by molar-refractivity contribution is 6.01. The van der Waals surface area contributed by atoms with Gasteiger partial charge in [-0.2, -0.15) is 4.98 Å². The molecule has 2 aromatic rings. The van der Waals surface area contributed by atoms with E-state index >= 15 is 0 Å². The largest absolute Gasteiger partial charge is 0.378 e. The number of carbonyl (C=O) groups excluding carboxylic acids is 1. The van der Waals surface area contributed by atoms with Crippen LogP contribution in [0.15, 0.2) is 30.5 Å². The highest BCUT2D eigenvalue weighted by Gasteiger charge is 2.37. The second-order valence-corrected chi connectivity index (χ2v) is 5.55. The van der Waals surface area contributed by atoms with Gasteiger partial charge < -0.3 is 15.5 Å². The number of likely N-dealkylation sites (N-methyl/N-ethyl adjacent to an activating group) is 1. The van der Waals surface area contributed by atoms with E-state index in [9.17, 15) is 19.3 Å². The monoisotopic (exact) mass is 346 g/mol. The average molecular weight is 346 g/mol. The van der Waals surface area contributed by atoms with Crippen molar-refractivity contribution < 1.29 is 14.1 Å². The van der Waals surface area contributed by atoms with E-state index in [1.54, 1.807) is 19.2 Å². The molecular formula is C15H15FN6O3. The maximum atomic E-state index is 13.9. The molecule has 130 valence electrons. The maximum Gasteiger partial charge on any atom is 0.329 e. The molecule has 0 unspecified atom stereocenters. The number of para-hydroxylation sites is 1. The lowest BCUT2D eigenvalue weighted by Crippen LogP contribution is -2.40. The fourth-order valence-electron chi connectivity index (χ4n) is 2.76. The van der Waals surface area contributed by atoms with Crippen LogP contribution in [0, 0.1) is 15.9 Å². The van der Waals surface area contributed by atoms with Crippen molar-refractivity contribution in [2.75, 3.05) is 29.1 Å². The van der Waals surface area contributed by atoms with Gasteiger partial charge in [-0.05, 0) is 18.6 Å². The SMILES string of the molecule is CN(c1ncc([N+](=O)[O-])c(N)n1)[C@@H]1CCN(c2ccccc2F)C1=O. The van der Waals surface area contributed by atoms with Gasteiger partial charge in [-0.1, -0.05) is 12.1 Å². The lowest BCUT2D eigenvalue weighted by Gasteiger charge is -2.24. The van der Waals surface area contributed by atoms with Gasteiger partial charge in [-0.15, -0.1) is 0 Å². The summed E-state index contributed by atoms with van der Waals surface area (Å²) in [6.07, 6.45) is 1.44. The molecule has 0 spiro atoms. The first kappa shape index (κ1) is 16.6. The van der Waals surface area contributed by atoms with Gasteiger partial charge >= 0.3 is 5.69 Å². The van der Waals surface area contributed by atoms with Crippen LogP contribution in [-0.4, -0.2) is 40.4 Å². The van der Waals surface area contributed by atoms with E-state index in [0.29, 0.717) is 13.0 Å². The molecule has 1 aliphatic heterocycles. The number of amides is 1. The first-order valence-electron chi connectivity index (χ1n) is 7.45. The van der Waals surface area contributed by atoms with Crippen molar-refractivity contribution in [3.05, 3.63) is 46.4 Å². The van der Waals surface area contributed by atoms with Crippen molar-refractivity contribution in [3.8, 4) is 0 Å². The standard InChI is InChI=1S/C15H15FN6O3/c1-20(15-18-8-12(22(24)25)13(17)19-15)11-6-7-21(14(11)23)10-5-3-2-4-9(10)16/h2-5,8,11H,6-7H2,1H3,(H2,17,18,19)/t11-/m1/s1. The minimum absolute atomic E-state index is 0.0943.